The average Bonchev–Trinajstić information content (AvgIpc) is 2.41. The molecule has 22 heavy (non-hydrogen) atoms. The molecule has 0 atom stereocenters. The fraction of sp³-hybridized carbons (Fsp3) is 0.556. The van der Waals surface area contributed by atoms with E-state index in [1.165, 1.54) is 5.56 Å². The smallest absolute Gasteiger partial charge is 0.305 e. The number of carboxylic acid groups (broad SMARTS) is 1. The zero-order valence-corrected chi connectivity index (χ0v) is 14.2. The first-order chi connectivity index (χ1) is 10.2. The molecule has 0 aromatic heterocycles. The summed E-state index contributed by atoms with van der Waals surface area (Å²) in [6.07, 6.45) is 1.46. The Labute approximate surface area is 132 Å². The standard InChI is InChI=1S/C18H27NO3/c1-6-18(7-2,11-17(21)22)19-16(20)10-15-13(4)8-12(3)9-14(15)5/h8-9H,6-7,10-11H2,1-5H3,(H,19,20)(H,21,22). The van der Waals surface area contributed by atoms with Crippen LogP contribution in [0.5, 0.6) is 0 Å². The van der Waals surface area contributed by atoms with Crippen LogP contribution in [0.4, 0.5) is 0 Å². The second kappa shape index (κ2) is 7.43. The quantitative estimate of drug-likeness (QED) is 0.812. The number of carboxylic acids is 1. The summed E-state index contributed by atoms with van der Waals surface area (Å²) in [4.78, 5) is 23.5. The van der Waals surface area contributed by atoms with Crippen molar-refractivity contribution in [2.24, 2.45) is 0 Å². The molecule has 0 saturated heterocycles. The third-order valence-electron chi connectivity index (χ3n) is 4.43. The van der Waals surface area contributed by atoms with Crippen LogP contribution < -0.4 is 5.32 Å². The van der Waals surface area contributed by atoms with Crippen molar-refractivity contribution in [1.29, 1.82) is 0 Å². The van der Waals surface area contributed by atoms with E-state index in [2.05, 4.69) is 17.4 Å². The summed E-state index contributed by atoms with van der Waals surface area (Å²) in [6, 6.07) is 4.14. The number of rotatable bonds is 7. The summed E-state index contributed by atoms with van der Waals surface area (Å²) in [5.74, 6) is -0.994. The molecule has 1 amide bonds. The molecule has 0 aliphatic heterocycles. The third-order valence-corrected chi connectivity index (χ3v) is 4.43. The fourth-order valence-corrected chi connectivity index (χ4v) is 3.00. The minimum Gasteiger partial charge on any atom is -0.481 e. The van der Waals surface area contributed by atoms with Gasteiger partial charge in [-0.05, 0) is 50.3 Å². The van der Waals surface area contributed by atoms with Gasteiger partial charge in [-0.2, -0.15) is 0 Å². The maximum absolute atomic E-state index is 12.4. The molecule has 2 N–H and O–H groups in total. The van der Waals surface area contributed by atoms with Crippen molar-refractivity contribution < 1.29 is 14.7 Å². The normalized spacial score (nSPS) is 11.3. The van der Waals surface area contributed by atoms with Crippen molar-refractivity contribution in [3.63, 3.8) is 0 Å². The lowest BCUT2D eigenvalue weighted by atomic mass is 9.88. The second-order valence-corrected chi connectivity index (χ2v) is 6.16. The van der Waals surface area contributed by atoms with Gasteiger partial charge in [0.15, 0.2) is 0 Å². The van der Waals surface area contributed by atoms with E-state index in [0.717, 1.165) is 16.7 Å². The van der Waals surface area contributed by atoms with Gasteiger partial charge < -0.3 is 10.4 Å². The zero-order valence-electron chi connectivity index (χ0n) is 14.2. The van der Waals surface area contributed by atoms with Crippen LogP contribution >= 0.6 is 0 Å². The van der Waals surface area contributed by atoms with E-state index >= 15 is 0 Å². The summed E-state index contributed by atoms with van der Waals surface area (Å²) in [5, 5.41) is 12.0. The van der Waals surface area contributed by atoms with E-state index in [9.17, 15) is 9.59 Å². The average molecular weight is 305 g/mol. The Kier molecular flexibility index (Phi) is 6.15. The first kappa shape index (κ1) is 18.2. The lowest BCUT2D eigenvalue weighted by Crippen LogP contribution is -2.49. The summed E-state index contributed by atoms with van der Waals surface area (Å²) in [6.45, 7) is 9.87. The highest BCUT2D eigenvalue weighted by Crippen LogP contribution is 2.21. The Morgan fingerprint density at radius 1 is 1.09 bits per heavy atom. The molecule has 1 aromatic carbocycles. The molecule has 4 heteroatoms. The van der Waals surface area contributed by atoms with Gasteiger partial charge in [0.05, 0.1) is 12.8 Å². The minimum atomic E-state index is -0.883. The van der Waals surface area contributed by atoms with Gasteiger partial charge in [-0.15, -0.1) is 0 Å². The van der Waals surface area contributed by atoms with Crippen LogP contribution in [0.3, 0.4) is 0 Å². The fourth-order valence-electron chi connectivity index (χ4n) is 3.00. The molecule has 1 rings (SSSR count). The van der Waals surface area contributed by atoms with Crippen LogP contribution in [0, 0.1) is 20.8 Å². The SMILES string of the molecule is CCC(CC)(CC(=O)O)NC(=O)Cc1c(C)cc(C)cc1C. The monoisotopic (exact) mass is 305 g/mol. The summed E-state index contributed by atoms with van der Waals surface area (Å²) in [5.41, 5.74) is 3.75. The van der Waals surface area contributed by atoms with Crippen molar-refractivity contribution in [2.45, 2.75) is 65.8 Å². The second-order valence-electron chi connectivity index (χ2n) is 6.16. The van der Waals surface area contributed by atoms with Crippen LogP contribution in [-0.4, -0.2) is 22.5 Å². The van der Waals surface area contributed by atoms with Crippen molar-refractivity contribution in [3.8, 4) is 0 Å². The number of carbonyl (C=O) groups excluding carboxylic acids is 1. The molecule has 0 aliphatic rings. The Morgan fingerprint density at radius 2 is 1.59 bits per heavy atom. The predicted molar refractivity (Wildman–Crippen MR) is 88.1 cm³/mol. The number of aliphatic carboxylic acids is 1. The molecule has 0 saturated carbocycles. The van der Waals surface area contributed by atoms with Gasteiger partial charge >= 0.3 is 5.97 Å². The summed E-state index contributed by atoms with van der Waals surface area (Å²) >= 11 is 0. The van der Waals surface area contributed by atoms with E-state index in [1.54, 1.807) is 0 Å². The van der Waals surface area contributed by atoms with Gasteiger partial charge in [-0.3, -0.25) is 9.59 Å². The molecule has 4 nitrogen and oxygen atoms in total. The first-order valence-electron chi connectivity index (χ1n) is 7.82. The molecule has 0 aliphatic carbocycles. The molecule has 0 radical (unpaired) electrons. The largest absolute Gasteiger partial charge is 0.481 e. The Morgan fingerprint density at radius 3 is 2.00 bits per heavy atom. The van der Waals surface area contributed by atoms with Gasteiger partial charge in [-0.25, -0.2) is 0 Å². The van der Waals surface area contributed by atoms with E-state index in [0.29, 0.717) is 19.3 Å². The van der Waals surface area contributed by atoms with Crippen LogP contribution in [0.25, 0.3) is 0 Å². The molecule has 0 spiro atoms. The van der Waals surface area contributed by atoms with E-state index in [-0.39, 0.29) is 12.3 Å². The Hall–Kier alpha value is -1.84. The van der Waals surface area contributed by atoms with Crippen molar-refractivity contribution >= 4 is 11.9 Å². The van der Waals surface area contributed by atoms with Gasteiger partial charge in [-0.1, -0.05) is 31.5 Å². The lowest BCUT2D eigenvalue weighted by Gasteiger charge is -2.31. The Balaban J connectivity index is 2.91. The maximum atomic E-state index is 12.4. The predicted octanol–water partition coefficient (Wildman–Crippen LogP) is 3.30. The zero-order chi connectivity index (χ0) is 16.9. The number of amides is 1. The minimum absolute atomic E-state index is 0.0440. The molecule has 0 heterocycles. The van der Waals surface area contributed by atoms with Gasteiger partial charge in [0.25, 0.3) is 0 Å². The molecular weight excluding hydrogens is 278 g/mol. The third kappa shape index (κ3) is 4.58. The van der Waals surface area contributed by atoms with Crippen LogP contribution in [-0.2, 0) is 16.0 Å². The van der Waals surface area contributed by atoms with Crippen molar-refractivity contribution in [2.75, 3.05) is 0 Å². The summed E-state index contributed by atoms with van der Waals surface area (Å²) in [7, 11) is 0. The van der Waals surface area contributed by atoms with Crippen LogP contribution in [0.15, 0.2) is 12.1 Å². The molecule has 0 fully saturated rings. The first-order valence-corrected chi connectivity index (χ1v) is 7.82. The molecular formula is C18H27NO3. The number of nitrogens with one attached hydrogen (secondary N) is 1. The van der Waals surface area contributed by atoms with Gasteiger partial charge in [0.2, 0.25) is 5.91 Å². The van der Waals surface area contributed by atoms with Crippen LogP contribution in [0.2, 0.25) is 0 Å². The lowest BCUT2D eigenvalue weighted by molar-refractivity contribution is -0.139. The molecule has 1 aromatic rings. The molecule has 0 unspecified atom stereocenters. The maximum Gasteiger partial charge on any atom is 0.305 e. The number of hydrogen-bond donors (Lipinski definition) is 2. The molecule has 122 valence electrons. The number of hydrogen-bond acceptors (Lipinski definition) is 2. The Bertz CT molecular complexity index is 536. The highest BCUT2D eigenvalue weighted by atomic mass is 16.4. The number of carbonyl (C=O) groups is 2. The highest BCUT2D eigenvalue weighted by molar-refractivity contribution is 5.81. The van der Waals surface area contributed by atoms with E-state index in [1.807, 2.05) is 34.6 Å². The van der Waals surface area contributed by atoms with Gasteiger partial charge in [0.1, 0.15) is 0 Å². The van der Waals surface area contributed by atoms with E-state index in [4.69, 9.17) is 5.11 Å². The van der Waals surface area contributed by atoms with Gasteiger partial charge in [0, 0.05) is 5.54 Å². The topological polar surface area (TPSA) is 66.4 Å². The number of aryl methyl sites for hydroxylation is 3. The molecule has 0 bridgehead atoms. The van der Waals surface area contributed by atoms with Crippen molar-refractivity contribution in [3.05, 3.63) is 34.4 Å². The number of benzene rings is 1. The van der Waals surface area contributed by atoms with Crippen molar-refractivity contribution in [1.82, 2.24) is 5.32 Å². The van der Waals surface area contributed by atoms with Crippen LogP contribution in [0.1, 0.15) is 55.4 Å². The summed E-state index contributed by atoms with van der Waals surface area (Å²) < 4.78 is 0. The van der Waals surface area contributed by atoms with E-state index < -0.39 is 11.5 Å². The highest BCUT2D eigenvalue weighted by Gasteiger charge is 2.31.